The van der Waals surface area contributed by atoms with Gasteiger partial charge in [-0.2, -0.15) is 0 Å². The van der Waals surface area contributed by atoms with Crippen molar-refractivity contribution in [3.05, 3.63) is 84.4 Å². The molecule has 1 N–H and O–H groups in total. The summed E-state index contributed by atoms with van der Waals surface area (Å²) in [6.45, 7) is 2.20. The van der Waals surface area contributed by atoms with E-state index in [-0.39, 0.29) is 0 Å². The Morgan fingerprint density at radius 1 is 0.739 bits per heavy atom. The minimum atomic E-state index is 1.05. The summed E-state index contributed by atoms with van der Waals surface area (Å²) in [6, 6.07) is 28.0. The number of fused-ring (bicyclic) bond motifs is 1. The molecule has 0 radical (unpaired) electrons. The molecule has 0 saturated heterocycles. The molecule has 1 heterocycles. The number of nitrogens with one attached hydrogen (secondary N) is 1. The summed E-state index contributed by atoms with van der Waals surface area (Å²) in [4.78, 5) is 3.63. The second-order valence-corrected chi connectivity index (χ2v) is 5.84. The number of aryl methyl sites for hydroxylation is 1. The zero-order valence-corrected chi connectivity index (χ0v) is 13.2. The highest BCUT2D eigenvalue weighted by molar-refractivity contribution is 6.04. The number of rotatable bonds is 3. The summed E-state index contributed by atoms with van der Waals surface area (Å²) < 4.78 is 0. The maximum Gasteiger partial charge on any atom is 0.0544 e. The van der Waals surface area contributed by atoms with Gasteiger partial charge in [0.05, 0.1) is 5.69 Å². The molecule has 0 unspecified atom stereocenters. The van der Waals surface area contributed by atoms with E-state index in [1.807, 2.05) is 0 Å². The van der Waals surface area contributed by atoms with E-state index in [1.165, 1.54) is 38.9 Å². The molecule has 0 amide bonds. The van der Waals surface area contributed by atoms with Crippen LogP contribution in [0, 0.1) is 0 Å². The number of H-pyrrole nitrogens is 1. The Morgan fingerprint density at radius 3 is 2.04 bits per heavy atom. The molecule has 4 aromatic rings. The number of hydrogen-bond donors (Lipinski definition) is 1. The van der Waals surface area contributed by atoms with Crippen molar-refractivity contribution in [1.82, 2.24) is 4.98 Å². The van der Waals surface area contributed by atoms with E-state index in [0.29, 0.717) is 0 Å². The molecule has 3 aromatic carbocycles. The van der Waals surface area contributed by atoms with Gasteiger partial charge >= 0.3 is 0 Å². The zero-order valence-electron chi connectivity index (χ0n) is 13.2. The largest absolute Gasteiger partial charge is 0.354 e. The smallest absolute Gasteiger partial charge is 0.0544 e. The Kier molecular flexibility index (Phi) is 3.47. The highest BCUT2D eigenvalue weighted by Crippen LogP contribution is 2.38. The lowest BCUT2D eigenvalue weighted by Gasteiger charge is -2.06. The Labute approximate surface area is 136 Å². The summed E-state index contributed by atoms with van der Waals surface area (Å²) in [5.74, 6) is 0. The monoisotopic (exact) mass is 297 g/mol. The maximum absolute atomic E-state index is 3.63. The van der Waals surface area contributed by atoms with E-state index in [2.05, 4.69) is 90.8 Å². The predicted octanol–water partition coefficient (Wildman–Crippen LogP) is 6.06. The first-order valence-corrected chi connectivity index (χ1v) is 8.12. The summed E-state index contributed by atoms with van der Waals surface area (Å²) in [7, 11) is 0. The maximum atomic E-state index is 3.63. The molecule has 0 atom stereocenters. The summed E-state index contributed by atoms with van der Waals surface area (Å²) >= 11 is 0. The van der Waals surface area contributed by atoms with Gasteiger partial charge in [0.25, 0.3) is 0 Å². The topological polar surface area (TPSA) is 15.8 Å². The van der Waals surface area contributed by atoms with Crippen LogP contribution in [0.1, 0.15) is 12.5 Å². The van der Waals surface area contributed by atoms with Gasteiger partial charge in [0.2, 0.25) is 0 Å². The summed E-state index contributed by atoms with van der Waals surface area (Å²) in [5, 5.41) is 1.30. The number of benzene rings is 3. The fraction of sp³-hybridized carbons (Fsp3) is 0.0909. The van der Waals surface area contributed by atoms with Crippen molar-refractivity contribution in [1.29, 1.82) is 0 Å². The molecule has 23 heavy (non-hydrogen) atoms. The van der Waals surface area contributed by atoms with Gasteiger partial charge in [-0.25, -0.2) is 0 Å². The first kappa shape index (κ1) is 13.8. The van der Waals surface area contributed by atoms with Crippen LogP contribution in [0.2, 0.25) is 0 Å². The normalized spacial score (nSPS) is 11.0. The predicted molar refractivity (Wildman–Crippen MR) is 98.5 cm³/mol. The molecule has 1 aromatic heterocycles. The van der Waals surface area contributed by atoms with Crippen molar-refractivity contribution in [2.45, 2.75) is 13.3 Å². The standard InChI is InChI=1S/C22H19N/c1-2-16-13-14-20-19(15-16)21(17-9-5-3-6-10-17)22(23-20)18-11-7-4-8-12-18/h3-15,23H,2H2,1H3. The van der Waals surface area contributed by atoms with Crippen LogP contribution >= 0.6 is 0 Å². The second kappa shape index (κ2) is 5.77. The second-order valence-electron chi connectivity index (χ2n) is 5.84. The van der Waals surface area contributed by atoms with Crippen LogP contribution in [0.3, 0.4) is 0 Å². The SMILES string of the molecule is CCc1ccc2[nH]c(-c3ccccc3)c(-c3ccccc3)c2c1. The molecular formula is C22H19N. The van der Waals surface area contributed by atoms with Crippen molar-refractivity contribution < 1.29 is 0 Å². The van der Waals surface area contributed by atoms with Gasteiger partial charge in [-0.3, -0.25) is 0 Å². The van der Waals surface area contributed by atoms with Crippen LogP contribution in [0.15, 0.2) is 78.9 Å². The van der Waals surface area contributed by atoms with Gasteiger partial charge in [0.15, 0.2) is 0 Å². The fourth-order valence-corrected chi connectivity index (χ4v) is 3.18. The average molecular weight is 297 g/mol. The minimum absolute atomic E-state index is 1.05. The van der Waals surface area contributed by atoms with Crippen LogP contribution in [-0.2, 0) is 6.42 Å². The lowest BCUT2D eigenvalue weighted by atomic mass is 9.97. The molecule has 4 rings (SSSR count). The van der Waals surface area contributed by atoms with Gasteiger partial charge in [0, 0.05) is 16.5 Å². The summed E-state index contributed by atoms with van der Waals surface area (Å²) in [6.07, 6.45) is 1.05. The minimum Gasteiger partial charge on any atom is -0.354 e. The van der Waals surface area contributed by atoms with Crippen molar-refractivity contribution in [3.63, 3.8) is 0 Å². The molecule has 0 saturated carbocycles. The lowest BCUT2D eigenvalue weighted by Crippen LogP contribution is -1.83. The van der Waals surface area contributed by atoms with Crippen LogP contribution in [0.5, 0.6) is 0 Å². The number of hydrogen-bond acceptors (Lipinski definition) is 0. The van der Waals surface area contributed by atoms with Crippen molar-refractivity contribution >= 4 is 10.9 Å². The third kappa shape index (κ3) is 2.44. The Bertz CT molecular complexity index is 934. The lowest BCUT2D eigenvalue weighted by molar-refractivity contribution is 1.15. The molecule has 0 spiro atoms. The third-order valence-electron chi connectivity index (χ3n) is 4.40. The molecule has 0 bridgehead atoms. The van der Waals surface area contributed by atoms with Gasteiger partial charge < -0.3 is 4.98 Å². The van der Waals surface area contributed by atoms with E-state index < -0.39 is 0 Å². The highest BCUT2D eigenvalue weighted by atomic mass is 14.7. The molecule has 1 heteroatoms. The first-order chi connectivity index (χ1) is 11.4. The molecular weight excluding hydrogens is 278 g/mol. The molecule has 112 valence electrons. The molecule has 0 aliphatic rings. The van der Waals surface area contributed by atoms with E-state index in [4.69, 9.17) is 0 Å². The van der Waals surface area contributed by atoms with Crippen molar-refractivity contribution in [2.24, 2.45) is 0 Å². The van der Waals surface area contributed by atoms with Crippen molar-refractivity contribution in [3.8, 4) is 22.4 Å². The average Bonchev–Trinajstić information content (AvgIpc) is 3.01. The Balaban J connectivity index is 2.06. The van der Waals surface area contributed by atoms with Gasteiger partial charge in [-0.05, 0) is 35.2 Å². The van der Waals surface area contributed by atoms with E-state index >= 15 is 0 Å². The fourth-order valence-electron chi connectivity index (χ4n) is 3.18. The molecule has 0 aliphatic heterocycles. The quantitative estimate of drug-likeness (QED) is 0.473. The number of aromatic amines is 1. The number of aromatic nitrogens is 1. The van der Waals surface area contributed by atoms with Gasteiger partial charge in [-0.1, -0.05) is 73.7 Å². The van der Waals surface area contributed by atoms with Crippen LogP contribution in [-0.4, -0.2) is 4.98 Å². The Hall–Kier alpha value is -2.80. The first-order valence-electron chi connectivity index (χ1n) is 8.12. The van der Waals surface area contributed by atoms with Gasteiger partial charge in [0.1, 0.15) is 0 Å². The van der Waals surface area contributed by atoms with Gasteiger partial charge in [-0.15, -0.1) is 0 Å². The molecule has 0 fully saturated rings. The Morgan fingerprint density at radius 2 is 1.39 bits per heavy atom. The van der Waals surface area contributed by atoms with Crippen molar-refractivity contribution in [2.75, 3.05) is 0 Å². The van der Waals surface area contributed by atoms with E-state index in [9.17, 15) is 0 Å². The third-order valence-corrected chi connectivity index (χ3v) is 4.40. The summed E-state index contributed by atoms with van der Waals surface area (Å²) in [5.41, 5.74) is 7.53. The van der Waals surface area contributed by atoms with Crippen LogP contribution < -0.4 is 0 Å². The zero-order chi connectivity index (χ0) is 15.6. The van der Waals surface area contributed by atoms with E-state index in [1.54, 1.807) is 0 Å². The molecule has 0 aliphatic carbocycles. The molecule has 1 nitrogen and oxygen atoms in total. The van der Waals surface area contributed by atoms with Crippen LogP contribution in [0.4, 0.5) is 0 Å². The highest BCUT2D eigenvalue weighted by Gasteiger charge is 2.14. The van der Waals surface area contributed by atoms with E-state index in [0.717, 1.165) is 6.42 Å². The van der Waals surface area contributed by atoms with Crippen LogP contribution in [0.25, 0.3) is 33.3 Å².